The van der Waals surface area contributed by atoms with Crippen LogP contribution in [0.15, 0.2) is 74.0 Å². The molecule has 0 amide bonds. The molecule has 0 aliphatic carbocycles. The van der Waals surface area contributed by atoms with Gasteiger partial charge in [-0.25, -0.2) is 0 Å². The smallest absolute Gasteiger partial charge is 0.135 e. The molecule has 0 saturated carbocycles. The largest absolute Gasteiger partial charge is 1.00 e. The minimum Gasteiger partial charge on any atom is -1.00 e. The van der Waals surface area contributed by atoms with Crippen LogP contribution in [0.5, 0.6) is 5.75 Å². The summed E-state index contributed by atoms with van der Waals surface area (Å²) in [6, 6.07) is 15.9. The van der Waals surface area contributed by atoms with Crippen molar-refractivity contribution in [2.24, 2.45) is 11.8 Å². The lowest BCUT2D eigenvalue weighted by molar-refractivity contribution is -0.985. The molecule has 0 spiro atoms. The zero-order valence-electron chi connectivity index (χ0n) is 27.3. The maximum atomic E-state index is 6.79. The Kier molecular flexibility index (Phi) is 10.0. The van der Waals surface area contributed by atoms with Crippen LogP contribution in [0.25, 0.3) is 10.9 Å². The molecule has 1 aromatic heterocycles. The Bertz CT molecular complexity index is 1410. The van der Waals surface area contributed by atoms with Crippen LogP contribution in [-0.4, -0.2) is 42.3 Å². The van der Waals surface area contributed by atoms with Crippen LogP contribution in [0, 0.1) is 11.8 Å². The van der Waals surface area contributed by atoms with Crippen LogP contribution in [0.1, 0.15) is 82.7 Å². The maximum Gasteiger partial charge on any atom is 0.135 e. The van der Waals surface area contributed by atoms with Gasteiger partial charge in [0.1, 0.15) is 24.4 Å². The van der Waals surface area contributed by atoms with Crippen LogP contribution in [-0.2, 0) is 22.1 Å². The van der Waals surface area contributed by atoms with Gasteiger partial charge in [0.2, 0.25) is 0 Å². The van der Waals surface area contributed by atoms with Crippen molar-refractivity contribution in [3.05, 3.63) is 96.2 Å². The number of halogens is 1. The maximum absolute atomic E-state index is 6.79. The van der Waals surface area contributed by atoms with Gasteiger partial charge in [-0.3, -0.25) is 4.98 Å². The van der Waals surface area contributed by atoms with Crippen molar-refractivity contribution in [2.45, 2.75) is 83.9 Å². The number of rotatable bonds is 9. The van der Waals surface area contributed by atoms with Gasteiger partial charge in [0.15, 0.2) is 0 Å². The number of methoxy groups -OCH3 is 1. The fourth-order valence-corrected chi connectivity index (χ4v) is 7.79. The van der Waals surface area contributed by atoms with Crippen molar-refractivity contribution < 1.29 is 30.9 Å². The Balaban J connectivity index is 0.00000423. The highest BCUT2D eigenvalue weighted by Gasteiger charge is 2.54. The molecule has 4 heterocycles. The molecule has 5 atom stereocenters. The molecule has 1 unspecified atom stereocenters. The number of nitrogens with zero attached hydrogens (tertiary/aromatic N) is 2. The van der Waals surface area contributed by atoms with Gasteiger partial charge in [0, 0.05) is 47.0 Å². The third-order valence-electron chi connectivity index (χ3n) is 9.87. The summed E-state index contributed by atoms with van der Waals surface area (Å²) in [4.78, 5) is 4.68. The number of pyridine rings is 1. The topological polar surface area (TPSA) is 31.4 Å². The summed E-state index contributed by atoms with van der Waals surface area (Å²) in [5.41, 5.74) is 6.15. The van der Waals surface area contributed by atoms with E-state index in [4.69, 9.17) is 9.47 Å². The molecule has 5 heteroatoms. The molecule has 0 N–H and O–H groups in total. The molecule has 3 aliphatic heterocycles. The highest BCUT2D eigenvalue weighted by molar-refractivity contribution is 5.82. The van der Waals surface area contributed by atoms with Crippen molar-refractivity contribution in [3.63, 3.8) is 0 Å². The van der Waals surface area contributed by atoms with E-state index in [0.717, 1.165) is 41.8 Å². The summed E-state index contributed by atoms with van der Waals surface area (Å²) in [5.74, 6) is 2.19. The lowest BCUT2D eigenvalue weighted by atomic mass is 9.70. The van der Waals surface area contributed by atoms with Gasteiger partial charge in [-0.1, -0.05) is 71.9 Å². The van der Waals surface area contributed by atoms with E-state index < -0.39 is 0 Å². The van der Waals surface area contributed by atoms with Crippen molar-refractivity contribution in [1.82, 2.24) is 4.98 Å². The van der Waals surface area contributed by atoms with Gasteiger partial charge < -0.3 is 30.9 Å². The van der Waals surface area contributed by atoms with Crippen LogP contribution >= 0.6 is 0 Å². The number of piperidine rings is 3. The molecule has 3 aliphatic rings. The first kappa shape index (κ1) is 33.4. The SMILES string of the molecule is C=CCO[C@H](c1ccnc2ccccc12)[C@@H]1C[C@@H]2CC[N+]1(Cc1cc(C(C)(C)C)c(OC)c(C(C)(C)C)c1)C[C@@H]2C=C.[Br-]. The second kappa shape index (κ2) is 12.9. The molecule has 4 nitrogen and oxygen atoms in total. The monoisotopic (exact) mass is 646 g/mol. The van der Waals surface area contributed by atoms with Gasteiger partial charge in [0.05, 0.1) is 32.3 Å². The summed E-state index contributed by atoms with van der Waals surface area (Å²) in [5, 5.41) is 1.18. The summed E-state index contributed by atoms with van der Waals surface area (Å²) in [6.45, 7) is 25.8. The fraction of sp³-hybridized carbons (Fsp3) is 0.500. The number of hydrogen-bond donors (Lipinski definition) is 0. The highest BCUT2D eigenvalue weighted by Crippen LogP contribution is 2.50. The van der Waals surface area contributed by atoms with E-state index in [1.807, 2.05) is 19.4 Å². The third kappa shape index (κ3) is 6.50. The lowest BCUT2D eigenvalue weighted by Crippen LogP contribution is -3.00. The summed E-state index contributed by atoms with van der Waals surface area (Å²) in [7, 11) is 1.82. The van der Waals surface area contributed by atoms with E-state index in [0.29, 0.717) is 24.5 Å². The molecule has 3 saturated heterocycles. The van der Waals surface area contributed by atoms with E-state index in [1.54, 1.807) is 0 Å². The van der Waals surface area contributed by atoms with Gasteiger partial charge >= 0.3 is 0 Å². The number of fused-ring (bicyclic) bond motifs is 4. The minimum atomic E-state index is -0.0492. The van der Waals surface area contributed by atoms with Crippen LogP contribution in [0.3, 0.4) is 0 Å². The second-order valence-electron chi connectivity index (χ2n) is 14.7. The molecular formula is C38H51BrN2O2. The standard InChI is InChI=1S/C38H51N2O2.BrH/c1-10-20-42-35(30-16-18-39-33-15-13-12-14-29(30)33)34-23-28-17-19-40(34,25-27(28)11-2)24-26-21-31(37(3,4)5)36(41-9)32(22-26)38(6,7)8;/h10-16,18,21-22,27-28,34-35H,1-2,17,19-20,23-25H2,3-9H3;1H/q+1;/p-1/t27-,28-,34-,35+,40?;/m0./s1. The first-order chi connectivity index (χ1) is 19.9. The minimum absolute atomic E-state index is 0. The van der Waals surface area contributed by atoms with E-state index in [2.05, 4.69) is 108 Å². The highest BCUT2D eigenvalue weighted by atomic mass is 79.9. The van der Waals surface area contributed by atoms with Gasteiger partial charge in [-0.15, -0.1) is 13.2 Å². The predicted octanol–water partition coefficient (Wildman–Crippen LogP) is 5.70. The normalized spacial score (nSPS) is 24.3. The van der Waals surface area contributed by atoms with Crippen LogP contribution in [0.2, 0.25) is 0 Å². The number of hydrogen-bond acceptors (Lipinski definition) is 3. The first-order valence-corrected chi connectivity index (χ1v) is 15.7. The molecular weight excluding hydrogens is 596 g/mol. The molecule has 3 aromatic rings. The molecule has 2 bridgehead atoms. The van der Waals surface area contributed by atoms with E-state index in [1.165, 1.54) is 34.1 Å². The Labute approximate surface area is 270 Å². The molecule has 232 valence electrons. The van der Waals surface area contributed by atoms with E-state index >= 15 is 0 Å². The summed E-state index contributed by atoms with van der Waals surface area (Å²) >= 11 is 0. The molecule has 3 fully saturated rings. The number of ether oxygens (including phenoxy) is 2. The lowest BCUT2D eigenvalue weighted by Gasteiger charge is -2.58. The Morgan fingerprint density at radius 1 is 1.02 bits per heavy atom. The first-order valence-electron chi connectivity index (χ1n) is 15.7. The quantitative estimate of drug-likeness (QED) is 0.221. The van der Waals surface area contributed by atoms with E-state index in [9.17, 15) is 0 Å². The van der Waals surface area contributed by atoms with Crippen molar-refractivity contribution >= 4 is 10.9 Å². The summed E-state index contributed by atoms with van der Waals surface area (Å²) in [6.07, 6.45) is 8.37. The zero-order valence-corrected chi connectivity index (χ0v) is 28.9. The Hall–Kier alpha value is -2.47. The number of quaternary nitrogens is 1. The fourth-order valence-electron chi connectivity index (χ4n) is 7.79. The number of benzene rings is 2. The average Bonchev–Trinajstić information content (AvgIpc) is 2.96. The van der Waals surface area contributed by atoms with E-state index in [-0.39, 0.29) is 33.9 Å². The van der Waals surface area contributed by atoms with Gasteiger partial charge in [-0.2, -0.15) is 0 Å². The van der Waals surface area contributed by atoms with Crippen molar-refractivity contribution in [2.75, 3.05) is 26.8 Å². The number of aromatic nitrogens is 1. The summed E-state index contributed by atoms with van der Waals surface area (Å²) < 4.78 is 13.9. The zero-order chi connectivity index (χ0) is 30.3. The van der Waals surface area contributed by atoms with Gasteiger partial charge in [0.25, 0.3) is 0 Å². The van der Waals surface area contributed by atoms with Crippen LogP contribution < -0.4 is 21.7 Å². The average molecular weight is 648 g/mol. The molecule has 0 radical (unpaired) electrons. The number of para-hydroxylation sites is 1. The van der Waals surface area contributed by atoms with Gasteiger partial charge in [-0.05, 0) is 46.6 Å². The Morgan fingerprint density at radius 3 is 2.30 bits per heavy atom. The predicted molar refractivity (Wildman–Crippen MR) is 175 cm³/mol. The molecule has 6 rings (SSSR count). The Morgan fingerprint density at radius 2 is 1.70 bits per heavy atom. The van der Waals surface area contributed by atoms with Crippen LogP contribution in [0.4, 0.5) is 0 Å². The third-order valence-corrected chi connectivity index (χ3v) is 9.87. The van der Waals surface area contributed by atoms with Crippen molar-refractivity contribution in [3.8, 4) is 5.75 Å². The molecule has 2 aromatic carbocycles. The second-order valence-corrected chi connectivity index (χ2v) is 14.7. The molecule has 43 heavy (non-hydrogen) atoms. The van der Waals surface area contributed by atoms with Crippen molar-refractivity contribution in [1.29, 1.82) is 0 Å².